The molecule has 0 aliphatic rings. The minimum Gasteiger partial charge on any atom is -0.356 e. The van der Waals surface area contributed by atoms with Crippen LogP contribution >= 0.6 is 0 Å². The minimum absolute atomic E-state index is 0.0504. The smallest absolute Gasteiger partial charge is 0.244 e. The topological polar surface area (TPSA) is 58.2 Å². The van der Waals surface area contributed by atoms with Crippen LogP contribution in [0.15, 0.2) is 30.3 Å². The molecule has 0 aliphatic carbocycles. The van der Waals surface area contributed by atoms with E-state index >= 15 is 0 Å². The van der Waals surface area contributed by atoms with Crippen molar-refractivity contribution in [3.8, 4) is 0 Å². The number of hydrogen-bond donors (Lipinski definition) is 2. The van der Waals surface area contributed by atoms with Gasteiger partial charge in [-0.1, -0.05) is 29.8 Å². The molecule has 1 rings (SSSR count). The predicted molar refractivity (Wildman–Crippen MR) is 76.5 cm³/mol. The molecule has 0 spiro atoms. The number of rotatable bonds is 6. The van der Waals surface area contributed by atoms with E-state index in [2.05, 4.69) is 10.6 Å². The van der Waals surface area contributed by atoms with Crippen molar-refractivity contribution in [1.82, 2.24) is 10.6 Å². The van der Waals surface area contributed by atoms with E-state index in [-0.39, 0.29) is 11.8 Å². The highest BCUT2D eigenvalue weighted by atomic mass is 16.2. The summed E-state index contributed by atoms with van der Waals surface area (Å²) in [4.78, 5) is 22.1. The van der Waals surface area contributed by atoms with Gasteiger partial charge in [0.05, 0.1) is 0 Å². The molecule has 0 saturated heterocycles. The Hall–Kier alpha value is -2.10. The summed E-state index contributed by atoms with van der Waals surface area (Å²) in [7, 11) is 0. The quantitative estimate of drug-likeness (QED) is 0.603. The molecule has 0 unspecified atom stereocenters. The molecule has 1 aromatic carbocycles. The fourth-order valence-electron chi connectivity index (χ4n) is 1.47. The summed E-state index contributed by atoms with van der Waals surface area (Å²) < 4.78 is 0. The van der Waals surface area contributed by atoms with E-state index in [1.165, 1.54) is 18.6 Å². The molecule has 4 heteroatoms. The minimum atomic E-state index is -0.122. The summed E-state index contributed by atoms with van der Waals surface area (Å²) in [6.07, 6.45) is 4.02. The second kappa shape index (κ2) is 8.08. The van der Waals surface area contributed by atoms with Crippen molar-refractivity contribution in [3.05, 3.63) is 41.5 Å². The maximum absolute atomic E-state index is 11.5. The molecule has 0 bridgehead atoms. The summed E-state index contributed by atoms with van der Waals surface area (Å²) in [5.41, 5.74) is 2.19. The lowest BCUT2D eigenvalue weighted by atomic mass is 10.1. The zero-order valence-electron chi connectivity index (χ0n) is 11.4. The van der Waals surface area contributed by atoms with Crippen LogP contribution in [0.5, 0.6) is 0 Å². The Morgan fingerprint density at radius 3 is 2.37 bits per heavy atom. The zero-order chi connectivity index (χ0) is 14.1. The van der Waals surface area contributed by atoms with Gasteiger partial charge < -0.3 is 10.6 Å². The Kier molecular flexibility index (Phi) is 6.36. The van der Waals surface area contributed by atoms with Crippen LogP contribution in [0.25, 0.3) is 6.08 Å². The lowest BCUT2D eigenvalue weighted by Crippen LogP contribution is -2.27. The van der Waals surface area contributed by atoms with E-state index in [4.69, 9.17) is 0 Å². The Morgan fingerprint density at radius 1 is 1.11 bits per heavy atom. The first-order valence-electron chi connectivity index (χ1n) is 6.35. The molecule has 1 aromatic rings. The highest BCUT2D eigenvalue weighted by molar-refractivity contribution is 5.91. The lowest BCUT2D eigenvalue weighted by Gasteiger charge is -2.03. The number of carbonyl (C=O) groups is 2. The molecule has 0 atom stereocenters. The lowest BCUT2D eigenvalue weighted by molar-refractivity contribution is -0.119. The van der Waals surface area contributed by atoms with Crippen LogP contribution in [0.3, 0.4) is 0 Å². The number of amides is 2. The summed E-state index contributed by atoms with van der Waals surface area (Å²) in [5, 5.41) is 5.44. The number of benzene rings is 1. The molecule has 2 N–H and O–H groups in total. The molecule has 0 aliphatic heterocycles. The van der Waals surface area contributed by atoms with Crippen LogP contribution in [0.1, 0.15) is 24.5 Å². The monoisotopic (exact) mass is 260 g/mol. The van der Waals surface area contributed by atoms with Gasteiger partial charge in [-0.15, -0.1) is 0 Å². The van der Waals surface area contributed by atoms with Gasteiger partial charge in [0.15, 0.2) is 0 Å². The summed E-state index contributed by atoms with van der Waals surface area (Å²) >= 11 is 0. The van der Waals surface area contributed by atoms with Crippen LogP contribution in [0, 0.1) is 6.92 Å². The average Bonchev–Trinajstić information content (AvgIpc) is 2.37. The molecule has 0 heterocycles. The molecule has 0 radical (unpaired) electrons. The third-order valence-electron chi connectivity index (χ3n) is 2.53. The van der Waals surface area contributed by atoms with Gasteiger partial charge in [0.2, 0.25) is 11.8 Å². The molecule has 4 nitrogen and oxygen atoms in total. The fraction of sp³-hybridized carbons (Fsp3) is 0.333. The second-order valence-electron chi connectivity index (χ2n) is 4.37. The van der Waals surface area contributed by atoms with Gasteiger partial charge in [0, 0.05) is 26.1 Å². The van der Waals surface area contributed by atoms with Crippen molar-refractivity contribution >= 4 is 17.9 Å². The van der Waals surface area contributed by atoms with Gasteiger partial charge in [0.25, 0.3) is 0 Å². The highest BCUT2D eigenvalue weighted by Crippen LogP contribution is 2.04. The van der Waals surface area contributed by atoms with Gasteiger partial charge in [-0.3, -0.25) is 9.59 Å². The largest absolute Gasteiger partial charge is 0.356 e. The summed E-state index contributed by atoms with van der Waals surface area (Å²) in [6, 6.07) is 7.95. The number of carbonyl (C=O) groups excluding carboxylic acids is 2. The maximum atomic E-state index is 11.5. The second-order valence-corrected chi connectivity index (χ2v) is 4.37. The normalized spacial score (nSPS) is 10.4. The van der Waals surface area contributed by atoms with Crippen LogP contribution in [0.2, 0.25) is 0 Å². The van der Waals surface area contributed by atoms with Crippen LogP contribution in [0.4, 0.5) is 0 Å². The van der Waals surface area contributed by atoms with E-state index in [0.717, 1.165) is 12.0 Å². The van der Waals surface area contributed by atoms with E-state index < -0.39 is 0 Å². The van der Waals surface area contributed by atoms with E-state index in [1.807, 2.05) is 31.2 Å². The van der Waals surface area contributed by atoms with Crippen LogP contribution < -0.4 is 10.6 Å². The van der Waals surface area contributed by atoms with Crippen molar-refractivity contribution in [2.75, 3.05) is 13.1 Å². The first-order valence-corrected chi connectivity index (χ1v) is 6.35. The molecule has 0 saturated carbocycles. The van der Waals surface area contributed by atoms with E-state index in [1.54, 1.807) is 6.08 Å². The first-order chi connectivity index (χ1) is 9.08. The van der Waals surface area contributed by atoms with Crippen LogP contribution in [-0.4, -0.2) is 24.9 Å². The Morgan fingerprint density at radius 2 is 1.74 bits per heavy atom. The molecular formula is C15H20N2O2. The van der Waals surface area contributed by atoms with Gasteiger partial charge in [-0.05, 0) is 25.0 Å². The number of nitrogens with one attached hydrogen (secondary N) is 2. The van der Waals surface area contributed by atoms with Crippen molar-refractivity contribution < 1.29 is 9.59 Å². The number of hydrogen-bond acceptors (Lipinski definition) is 2. The molecule has 0 fully saturated rings. The summed E-state index contributed by atoms with van der Waals surface area (Å²) in [6.45, 7) is 4.63. The van der Waals surface area contributed by atoms with Crippen molar-refractivity contribution in [2.24, 2.45) is 0 Å². The molecule has 0 aromatic heterocycles. The third-order valence-corrected chi connectivity index (χ3v) is 2.53. The van der Waals surface area contributed by atoms with Crippen LogP contribution in [-0.2, 0) is 9.59 Å². The average molecular weight is 260 g/mol. The third kappa shape index (κ3) is 7.03. The van der Waals surface area contributed by atoms with Crippen molar-refractivity contribution in [3.63, 3.8) is 0 Å². The van der Waals surface area contributed by atoms with Gasteiger partial charge in [-0.25, -0.2) is 0 Å². The Labute approximate surface area is 113 Å². The van der Waals surface area contributed by atoms with E-state index in [9.17, 15) is 9.59 Å². The number of aryl methyl sites for hydroxylation is 1. The van der Waals surface area contributed by atoms with Crippen molar-refractivity contribution in [1.29, 1.82) is 0 Å². The van der Waals surface area contributed by atoms with Gasteiger partial charge in [0.1, 0.15) is 0 Å². The molecule has 19 heavy (non-hydrogen) atoms. The maximum Gasteiger partial charge on any atom is 0.244 e. The first kappa shape index (κ1) is 15.0. The fourth-order valence-corrected chi connectivity index (χ4v) is 1.47. The Balaban J connectivity index is 2.23. The standard InChI is InChI=1S/C15H20N2O2/c1-12-4-6-14(7-5-12)8-9-15(19)17-11-3-10-16-13(2)18/h4-9H,3,10-11H2,1-2H3,(H,16,18)(H,17,19)/b9-8+. The Bertz CT molecular complexity index is 450. The highest BCUT2D eigenvalue weighted by Gasteiger charge is 1.95. The van der Waals surface area contributed by atoms with E-state index in [0.29, 0.717) is 13.1 Å². The zero-order valence-corrected chi connectivity index (χ0v) is 11.4. The van der Waals surface area contributed by atoms with Crippen molar-refractivity contribution in [2.45, 2.75) is 20.3 Å². The predicted octanol–water partition coefficient (Wildman–Crippen LogP) is 1.65. The molecular weight excluding hydrogens is 240 g/mol. The SMILES string of the molecule is CC(=O)NCCCNC(=O)/C=C/c1ccc(C)cc1. The molecule has 102 valence electrons. The van der Waals surface area contributed by atoms with Gasteiger partial charge >= 0.3 is 0 Å². The molecule has 2 amide bonds. The van der Waals surface area contributed by atoms with Gasteiger partial charge in [-0.2, -0.15) is 0 Å². The summed E-state index contributed by atoms with van der Waals surface area (Å²) in [5.74, 6) is -0.172.